The molecule has 0 heterocycles. The summed E-state index contributed by atoms with van der Waals surface area (Å²) >= 11 is 0. The van der Waals surface area contributed by atoms with Crippen LogP contribution in [0, 0.1) is 0 Å². The molecule has 3 aromatic rings. The fourth-order valence-corrected chi connectivity index (χ4v) is 2.99. The van der Waals surface area contributed by atoms with Crippen molar-refractivity contribution < 1.29 is 4.74 Å². The molecule has 1 heteroatoms. The molecule has 0 fully saturated rings. The highest BCUT2D eigenvalue weighted by atomic mass is 16.5. The lowest BCUT2D eigenvalue weighted by atomic mass is 9.97. The van der Waals surface area contributed by atoms with Crippen molar-refractivity contribution in [1.29, 1.82) is 0 Å². The Morgan fingerprint density at radius 3 is 2.73 bits per heavy atom. The second-order valence-electron chi connectivity index (χ2n) is 5.77. The van der Waals surface area contributed by atoms with E-state index < -0.39 is 0 Å². The minimum Gasteiger partial charge on any atom is -0.489 e. The van der Waals surface area contributed by atoms with E-state index in [-0.39, 0.29) is 0 Å². The van der Waals surface area contributed by atoms with Crippen LogP contribution in [0.3, 0.4) is 0 Å². The van der Waals surface area contributed by atoms with Crippen molar-refractivity contribution in [2.75, 3.05) is 0 Å². The van der Waals surface area contributed by atoms with Crippen LogP contribution in [0.2, 0.25) is 0 Å². The molecule has 1 nitrogen and oxygen atoms in total. The fourth-order valence-electron chi connectivity index (χ4n) is 2.99. The Kier molecular flexibility index (Phi) is 3.40. The van der Waals surface area contributed by atoms with Crippen molar-refractivity contribution >= 4 is 16.8 Å². The molecule has 0 unspecified atom stereocenters. The molecule has 0 bridgehead atoms. The van der Waals surface area contributed by atoms with Gasteiger partial charge in [-0.25, -0.2) is 0 Å². The van der Waals surface area contributed by atoms with Crippen LogP contribution in [0.1, 0.15) is 23.1 Å². The number of fused-ring (bicyclic) bond motifs is 2. The van der Waals surface area contributed by atoms with Gasteiger partial charge in [0, 0.05) is 0 Å². The molecule has 0 atom stereocenters. The van der Waals surface area contributed by atoms with E-state index in [0.717, 1.165) is 18.6 Å². The van der Waals surface area contributed by atoms with Crippen LogP contribution in [0.5, 0.6) is 5.75 Å². The van der Waals surface area contributed by atoms with Crippen molar-refractivity contribution in [3.63, 3.8) is 0 Å². The molecular formula is C21H18O. The monoisotopic (exact) mass is 286 g/mol. The zero-order valence-electron chi connectivity index (χ0n) is 12.5. The number of ether oxygens (including phenoxy) is 1. The average molecular weight is 286 g/mol. The Hall–Kier alpha value is -2.54. The summed E-state index contributed by atoms with van der Waals surface area (Å²) in [6.07, 6.45) is 6.71. The highest BCUT2D eigenvalue weighted by molar-refractivity contribution is 5.82. The van der Waals surface area contributed by atoms with Crippen LogP contribution in [-0.2, 0) is 13.0 Å². The summed E-state index contributed by atoms with van der Waals surface area (Å²) in [5.74, 6) is 0.943. The van der Waals surface area contributed by atoms with Gasteiger partial charge in [0.15, 0.2) is 0 Å². The SMILES string of the molecule is C1=Cc2cc(OCc3ccc4ccccc4c3)ccc2CC1. The predicted molar refractivity (Wildman–Crippen MR) is 92.1 cm³/mol. The van der Waals surface area contributed by atoms with Gasteiger partial charge in [-0.05, 0) is 58.5 Å². The van der Waals surface area contributed by atoms with Gasteiger partial charge in [-0.2, -0.15) is 0 Å². The van der Waals surface area contributed by atoms with Crippen molar-refractivity contribution in [3.05, 3.63) is 83.4 Å². The van der Waals surface area contributed by atoms with E-state index in [2.05, 4.69) is 72.8 Å². The van der Waals surface area contributed by atoms with Gasteiger partial charge in [0.1, 0.15) is 12.4 Å². The summed E-state index contributed by atoms with van der Waals surface area (Å²) in [5, 5.41) is 2.53. The number of aryl methyl sites for hydroxylation is 1. The molecule has 22 heavy (non-hydrogen) atoms. The second-order valence-corrected chi connectivity index (χ2v) is 5.77. The van der Waals surface area contributed by atoms with Gasteiger partial charge in [0.25, 0.3) is 0 Å². The minimum absolute atomic E-state index is 0.604. The van der Waals surface area contributed by atoms with Crippen LogP contribution >= 0.6 is 0 Å². The Morgan fingerprint density at radius 2 is 1.77 bits per heavy atom. The van der Waals surface area contributed by atoms with Gasteiger partial charge in [-0.3, -0.25) is 0 Å². The molecule has 0 aromatic heterocycles. The van der Waals surface area contributed by atoms with Crippen LogP contribution in [-0.4, -0.2) is 0 Å². The third-order valence-electron chi connectivity index (χ3n) is 4.21. The van der Waals surface area contributed by atoms with Crippen molar-refractivity contribution in [2.45, 2.75) is 19.4 Å². The maximum absolute atomic E-state index is 5.97. The Morgan fingerprint density at radius 1 is 0.864 bits per heavy atom. The van der Waals surface area contributed by atoms with Gasteiger partial charge in [0.05, 0.1) is 0 Å². The molecule has 1 aliphatic rings. The largest absolute Gasteiger partial charge is 0.489 e. The molecule has 108 valence electrons. The van der Waals surface area contributed by atoms with Crippen LogP contribution in [0.4, 0.5) is 0 Å². The molecule has 1 aliphatic carbocycles. The van der Waals surface area contributed by atoms with E-state index in [4.69, 9.17) is 4.74 Å². The summed E-state index contributed by atoms with van der Waals surface area (Å²) in [6, 6.07) is 21.3. The fraction of sp³-hybridized carbons (Fsp3) is 0.143. The van der Waals surface area contributed by atoms with E-state index in [9.17, 15) is 0 Å². The molecule has 0 saturated carbocycles. The third-order valence-corrected chi connectivity index (χ3v) is 4.21. The van der Waals surface area contributed by atoms with Crippen molar-refractivity contribution in [2.24, 2.45) is 0 Å². The molecule has 0 aliphatic heterocycles. The lowest BCUT2D eigenvalue weighted by Crippen LogP contribution is -1.98. The molecule has 4 rings (SSSR count). The standard InChI is InChI=1S/C21H18O/c1-3-7-19-13-16(9-10-17(19)5-1)15-22-21-12-11-18-6-2-4-8-20(18)14-21/h1,3-5,7-14H,2,6,15H2. The smallest absolute Gasteiger partial charge is 0.120 e. The first-order valence-corrected chi connectivity index (χ1v) is 7.78. The zero-order chi connectivity index (χ0) is 14.8. The molecule has 3 aromatic carbocycles. The Balaban J connectivity index is 1.53. The molecule has 0 amide bonds. The number of benzene rings is 3. The van der Waals surface area contributed by atoms with Crippen LogP contribution in [0.15, 0.2) is 66.7 Å². The molecule has 0 N–H and O–H groups in total. The van der Waals surface area contributed by atoms with E-state index >= 15 is 0 Å². The first-order chi connectivity index (χ1) is 10.9. The van der Waals surface area contributed by atoms with Crippen LogP contribution < -0.4 is 4.74 Å². The van der Waals surface area contributed by atoms with Crippen molar-refractivity contribution in [1.82, 2.24) is 0 Å². The third kappa shape index (κ3) is 2.62. The van der Waals surface area contributed by atoms with E-state index in [1.165, 1.54) is 27.5 Å². The summed E-state index contributed by atoms with van der Waals surface area (Å²) in [7, 11) is 0. The summed E-state index contributed by atoms with van der Waals surface area (Å²) in [5.41, 5.74) is 3.91. The highest BCUT2D eigenvalue weighted by Gasteiger charge is 2.06. The highest BCUT2D eigenvalue weighted by Crippen LogP contribution is 2.25. The van der Waals surface area contributed by atoms with E-state index in [1.807, 2.05) is 0 Å². The second kappa shape index (κ2) is 5.69. The first kappa shape index (κ1) is 13.1. The predicted octanol–water partition coefficient (Wildman–Crippen LogP) is 5.38. The summed E-state index contributed by atoms with van der Waals surface area (Å²) in [6.45, 7) is 0.604. The maximum Gasteiger partial charge on any atom is 0.120 e. The summed E-state index contributed by atoms with van der Waals surface area (Å²) < 4.78 is 5.97. The van der Waals surface area contributed by atoms with Gasteiger partial charge in [-0.1, -0.05) is 54.6 Å². The van der Waals surface area contributed by atoms with E-state index in [1.54, 1.807) is 0 Å². The first-order valence-electron chi connectivity index (χ1n) is 7.78. The Labute approximate surface area is 130 Å². The molecular weight excluding hydrogens is 268 g/mol. The normalized spacial score (nSPS) is 13.1. The number of rotatable bonds is 3. The molecule has 0 spiro atoms. The van der Waals surface area contributed by atoms with Crippen LogP contribution in [0.25, 0.3) is 16.8 Å². The average Bonchev–Trinajstić information content (AvgIpc) is 2.59. The minimum atomic E-state index is 0.604. The molecule has 0 saturated heterocycles. The zero-order valence-corrected chi connectivity index (χ0v) is 12.5. The lowest BCUT2D eigenvalue weighted by molar-refractivity contribution is 0.306. The number of allylic oxidation sites excluding steroid dienone is 1. The Bertz CT molecular complexity index is 845. The van der Waals surface area contributed by atoms with Gasteiger partial charge < -0.3 is 4.74 Å². The van der Waals surface area contributed by atoms with E-state index in [0.29, 0.717) is 6.61 Å². The van der Waals surface area contributed by atoms with Crippen molar-refractivity contribution in [3.8, 4) is 5.75 Å². The lowest BCUT2D eigenvalue weighted by Gasteiger charge is -2.13. The number of hydrogen-bond donors (Lipinski definition) is 0. The number of hydrogen-bond acceptors (Lipinski definition) is 1. The quantitative estimate of drug-likeness (QED) is 0.628. The topological polar surface area (TPSA) is 9.23 Å². The maximum atomic E-state index is 5.97. The molecule has 0 radical (unpaired) electrons. The summed E-state index contributed by atoms with van der Waals surface area (Å²) in [4.78, 5) is 0. The van der Waals surface area contributed by atoms with Gasteiger partial charge >= 0.3 is 0 Å². The van der Waals surface area contributed by atoms with Gasteiger partial charge in [0.2, 0.25) is 0 Å². The van der Waals surface area contributed by atoms with Gasteiger partial charge in [-0.15, -0.1) is 0 Å².